The SMILES string of the molecule is CCC(CCO)CNc1ccc(Br)cc1[N+](=O)[O-]. The van der Waals surface area contributed by atoms with Crippen molar-refractivity contribution in [2.75, 3.05) is 18.5 Å². The van der Waals surface area contributed by atoms with Crippen LogP contribution in [0.3, 0.4) is 0 Å². The molecule has 0 heterocycles. The fourth-order valence-electron chi connectivity index (χ4n) is 1.69. The lowest BCUT2D eigenvalue weighted by molar-refractivity contribution is -0.384. The number of nitro groups is 1. The highest BCUT2D eigenvalue weighted by Crippen LogP contribution is 2.28. The Morgan fingerprint density at radius 2 is 2.28 bits per heavy atom. The van der Waals surface area contributed by atoms with E-state index in [1.165, 1.54) is 6.07 Å². The number of nitrogens with one attached hydrogen (secondary N) is 1. The molecule has 0 fully saturated rings. The van der Waals surface area contributed by atoms with E-state index in [9.17, 15) is 10.1 Å². The fraction of sp³-hybridized carbons (Fsp3) is 0.500. The van der Waals surface area contributed by atoms with Gasteiger partial charge in [0.25, 0.3) is 5.69 Å². The lowest BCUT2D eigenvalue weighted by Gasteiger charge is -2.15. The van der Waals surface area contributed by atoms with Crippen molar-refractivity contribution in [2.45, 2.75) is 19.8 Å². The molecule has 6 heteroatoms. The molecule has 0 saturated carbocycles. The molecule has 0 aliphatic heterocycles. The summed E-state index contributed by atoms with van der Waals surface area (Å²) in [6.45, 7) is 2.81. The molecular weight excluding hydrogens is 300 g/mol. The predicted molar refractivity (Wildman–Crippen MR) is 74.8 cm³/mol. The number of benzene rings is 1. The Morgan fingerprint density at radius 3 is 2.83 bits per heavy atom. The summed E-state index contributed by atoms with van der Waals surface area (Å²) in [7, 11) is 0. The van der Waals surface area contributed by atoms with Gasteiger partial charge >= 0.3 is 0 Å². The van der Waals surface area contributed by atoms with Crippen molar-refractivity contribution in [3.8, 4) is 0 Å². The fourth-order valence-corrected chi connectivity index (χ4v) is 2.04. The van der Waals surface area contributed by atoms with Gasteiger partial charge in [0, 0.05) is 23.7 Å². The Labute approximate surface area is 114 Å². The molecule has 0 radical (unpaired) electrons. The van der Waals surface area contributed by atoms with E-state index in [2.05, 4.69) is 21.2 Å². The number of nitrogens with zero attached hydrogens (tertiary/aromatic N) is 1. The van der Waals surface area contributed by atoms with Crippen LogP contribution in [0.5, 0.6) is 0 Å². The van der Waals surface area contributed by atoms with Gasteiger partial charge in [-0.3, -0.25) is 10.1 Å². The molecule has 0 saturated heterocycles. The van der Waals surface area contributed by atoms with Gasteiger partial charge < -0.3 is 10.4 Å². The van der Waals surface area contributed by atoms with Crippen LogP contribution in [0.25, 0.3) is 0 Å². The summed E-state index contributed by atoms with van der Waals surface area (Å²) in [6, 6.07) is 4.94. The summed E-state index contributed by atoms with van der Waals surface area (Å²) in [5.74, 6) is 0.318. The second kappa shape index (κ2) is 7.33. The van der Waals surface area contributed by atoms with Crippen LogP contribution in [-0.4, -0.2) is 23.2 Å². The molecule has 1 rings (SSSR count). The number of aliphatic hydroxyl groups excluding tert-OH is 1. The van der Waals surface area contributed by atoms with Crippen LogP contribution in [0.2, 0.25) is 0 Å². The summed E-state index contributed by atoms with van der Waals surface area (Å²) < 4.78 is 0.683. The van der Waals surface area contributed by atoms with Crippen LogP contribution < -0.4 is 5.32 Å². The largest absolute Gasteiger partial charge is 0.396 e. The number of halogens is 1. The van der Waals surface area contributed by atoms with Crippen LogP contribution in [0.4, 0.5) is 11.4 Å². The summed E-state index contributed by atoms with van der Waals surface area (Å²) in [6.07, 6.45) is 1.63. The van der Waals surface area contributed by atoms with E-state index >= 15 is 0 Å². The average molecular weight is 317 g/mol. The number of hydrogen-bond donors (Lipinski definition) is 2. The third kappa shape index (κ3) is 4.27. The molecule has 0 aliphatic rings. The molecule has 0 spiro atoms. The Morgan fingerprint density at radius 1 is 1.56 bits per heavy atom. The van der Waals surface area contributed by atoms with E-state index in [0.29, 0.717) is 29.0 Å². The molecule has 5 nitrogen and oxygen atoms in total. The van der Waals surface area contributed by atoms with Gasteiger partial charge in [-0.25, -0.2) is 0 Å². The van der Waals surface area contributed by atoms with E-state index < -0.39 is 4.92 Å². The van der Waals surface area contributed by atoms with Gasteiger partial charge in [-0.15, -0.1) is 0 Å². The lowest BCUT2D eigenvalue weighted by Crippen LogP contribution is -2.15. The topological polar surface area (TPSA) is 75.4 Å². The first kappa shape index (κ1) is 14.9. The van der Waals surface area contributed by atoms with Crippen molar-refractivity contribution in [1.82, 2.24) is 0 Å². The summed E-state index contributed by atoms with van der Waals surface area (Å²) in [4.78, 5) is 10.5. The molecule has 18 heavy (non-hydrogen) atoms. The van der Waals surface area contributed by atoms with Gasteiger partial charge in [0.15, 0.2) is 0 Å². The van der Waals surface area contributed by atoms with Crippen LogP contribution in [0.15, 0.2) is 22.7 Å². The Kier molecular flexibility index (Phi) is 6.07. The predicted octanol–water partition coefficient (Wildman–Crippen LogP) is 3.18. The van der Waals surface area contributed by atoms with Crippen LogP contribution in [0.1, 0.15) is 19.8 Å². The van der Waals surface area contributed by atoms with E-state index in [1.807, 2.05) is 6.92 Å². The number of hydrogen-bond acceptors (Lipinski definition) is 4. The van der Waals surface area contributed by atoms with E-state index in [4.69, 9.17) is 5.11 Å². The molecular formula is C12H17BrN2O3. The molecule has 0 amide bonds. The maximum Gasteiger partial charge on any atom is 0.293 e. The Balaban J connectivity index is 2.74. The first-order valence-electron chi connectivity index (χ1n) is 5.87. The molecule has 100 valence electrons. The molecule has 1 aromatic carbocycles. The smallest absolute Gasteiger partial charge is 0.293 e. The standard InChI is InChI=1S/C12H17BrN2O3/c1-2-9(5-6-16)8-14-11-4-3-10(13)7-12(11)15(17)18/h3-4,7,9,14,16H,2,5-6,8H2,1H3. The highest BCUT2D eigenvalue weighted by molar-refractivity contribution is 9.10. The number of anilines is 1. The maximum atomic E-state index is 10.9. The first-order valence-corrected chi connectivity index (χ1v) is 6.66. The second-order valence-corrected chi connectivity index (χ2v) is 5.00. The van der Waals surface area contributed by atoms with E-state index in [0.717, 1.165) is 6.42 Å². The highest BCUT2D eigenvalue weighted by atomic mass is 79.9. The van der Waals surface area contributed by atoms with Crippen molar-refractivity contribution in [3.63, 3.8) is 0 Å². The van der Waals surface area contributed by atoms with Crippen molar-refractivity contribution >= 4 is 27.3 Å². The second-order valence-electron chi connectivity index (χ2n) is 4.09. The summed E-state index contributed by atoms with van der Waals surface area (Å²) in [5.41, 5.74) is 0.572. The minimum atomic E-state index is -0.403. The number of aliphatic hydroxyl groups is 1. The monoisotopic (exact) mass is 316 g/mol. The normalized spacial score (nSPS) is 12.2. The minimum Gasteiger partial charge on any atom is -0.396 e. The molecule has 0 bridgehead atoms. The van der Waals surface area contributed by atoms with Gasteiger partial charge in [-0.1, -0.05) is 29.3 Å². The van der Waals surface area contributed by atoms with Gasteiger partial charge in [-0.2, -0.15) is 0 Å². The van der Waals surface area contributed by atoms with Gasteiger partial charge in [0.05, 0.1) is 4.92 Å². The zero-order valence-electron chi connectivity index (χ0n) is 10.2. The minimum absolute atomic E-state index is 0.0585. The maximum absolute atomic E-state index is 10.9. The van der Waals surface area contributed by atoms with Crippen LogP contribution in [0, 0.1) is 16.0 Å². The Bertz CT molecular complexity index is 412. The van der Waals surface area contributed by atoms with Gasteiger partial charge in [0.1, 0.15) is 5.69 Å². The van der Waals surface area contributed by atoms with Crippen molar-refractivity contribution in [2.24, 2.45) is 5.92 Å². The molecule has 1 atom stereocenters. The zero-order valence-corrected chi connectivity index (χ0v) is 11.8. The van der Waals surface area contributed by atoms with Crippen LogP contribution in [-0.2, 0) is 0 Å². The van der Waals surface area contributed by atoms with Crippen molar-refractivity contribution < 1.29 is 10.0 Å². The zero-order chi connectivity index (χ0) is 13.5. The molecule has 1 aromatic rings. The van der Waals surface area contributed by atoms with E-state index in [-0.39, 0.29) is 12.3 Å². The Hall–Kier alpha value is -1.14. The third-order valence-corrected chi connectivity index (χ3v) is 3.35. The number of nitro benzene ring substituents is 1. The van der Waals surface area contributed by atoms with E-state index in [1.54, 1.807) is 12.1 Å². The number of rotatable bonds is 7. The quantitative estimate of drug-likeness (QED) is 0.598. The third-order valence-electron chi connectivity index (χ3n) is 2.85. The summed E-state index contributed by atoms with van der Waals surface area (Å²) >= 11 is 3.22. The van der Waals surface area contributed by atoms with Gasteiger partial charge in [-0.05, 0) is 24.5 Å². The van der Waals surface area contributed by atoms with Gasteiger partial charge in [0.2, 0.25) is 0 Å². The summed E-state index contributed by atoms with van der Waals surface area (Å²) in [5, 5.41) is 22.9. The molecule has 2 N–H and O–H groups in total. The molecule has 0 aliphatic carbocycles. The van der Waals surface area contributed by atoms with Crippen molar-refractivity contribution in [1.29, 1.82) is 0 Å². The lowest BCUT2D eigenvalue weighted by atomic mass is 10.0. The van der Waals surface area contributed by atoms with Crippen LogP contribution >= 0.6 is 15.9 Å². The molecule has 0 aromatic heterocycles. The average Bonchev–Trinajstić information content (AvgIpc) is 2.35. The molecule has 1 unspecified atom stereocenters. The first-order chi connectivity index (χ1) is 8.58. The highest BCUT2D eigenvalue weighted by Gasteiger charge is 2.15. The van der Waals surface area contributed by atoms with Crippen molar-refractivity contribution in [3.05, 3.63) is 32.8 Å².